The molecule has 2 atom stereocenters. The van der Waals surface area contributed by atoms with Crippen LogP contribution in [0.4, 0.5) is 5.69 Å². The van der Waals surface area contributed by atoms with E-state index in [1.807, 2.05) is 23.1 Å². The van der Waals surface area contributed by atoms with Gasteiger partial charge in [0.05, 0.1) is 0 Å². The molecule has 0 aliphatic carbocycles. The smallest absolute Gasteiger partial charge is 0.228 e. The molecule has 0 radical (unpaired) electrons. The molecule has 0 spiro atoms. The minimum absolute atomic E-state index is 0.0451. The second-order valence-electron chi connectivity index (χ2n) is 7.12. The first-order chi connectivity index (χ1) is 9.29. The molecule has 2 N–H and O–H groups in total. The van der Waals surface area contributed by atoms with Crippen molar-refractivity contribution in [3.8, 4) is 0 Å². The average Bonchev–Trinajstić information content (AvgIpc) is 2.36. The van der Waals surface area contributed by atoms with Crippen molar-refractivity contribution in [1.82, 2.24) is 0 Å². The van der Waals surface area contributed by atoms with Gasteiger partial charge < -0.3 is 10.6 Å². The van der Waals surface area contributed by atoms with Gasteiger partial charge in [0, 0.05) is 24.7 Å². The van der Waals surface area contributed by atoms with Crippen LogP contribution in [0.15, 0.2) is 24.3 Å². The summed E-state index contributed by atoms with van der Waals surface area (Å²) in [6, 6.07) is 8.09. The molecule has 0 bridgehead atoms. The van der Waals surface area contributed by atoms with Gasteiger partial charge in [-0.3, -0.25) is 4.79 Å². The number of carbonyl (C=O) groups excluding carboxylic acids is 1. The van der Waals surface area contributed by atoms with Gasteiger partial charge in [-0.25, -0.2) is 0 Å². The van der Waals surface area contributed by atoms with Crippen LogP contribution >= 0.6 is 0 Å². The summed E-state index contributed by atoms with van der Waals surface area (Å²) in [6.45, 7) is 9.24. The van der Waals surface area contributed by atoms with Crippen molar-refractivity contribution in [2.75, 3.05) is 11.4 Å². The molecular weight excluding hydrogens is 248 g/mol. The van der Waals surface area contributed by atoms with Gasteiger partial charge >= 0.3 is 0 Å². The first-order valence-electron chi connectivity index (χ1n) is 7.43. The van der Waals surface area contributed by atoms with Crippen molar-refractivity contribution < 1.29 is 4.79 Å². The number of fused-ring (bicyclic) bond motifs is 1. The Morgan fingerprint density at radius 3 is 2.70 bits per heavy atom. The third-order valence-corrected chi connectivity index (χ3v) is 4.15. The molecule has 1 aliphatic heterocycles. The average molecular weight is 274 g/mol. The van der Waals surface area contributed by atoms with E-state index in [9.17, 15) is 4.79 Å². The van der Waals surface area contributed by atoms with Crippen molar-refractivity contribution in [2.45, 2.75) is 46.6 Å². The molecule has 3 heteroatoms. The monoisotopic (exact) mass is 274 g/mol. The lowest BCUT2D eigenvalue weighted by molar-refractivity contribution is -0.119. The number of anilines is 1. The standard InChI is InChI=1S/C17H26N2O/c1-12-9-13-7-5-6-8-14(13)19(11-12)16(20)10-15(18)17(2,3)4/h5-8,12,15H,9-11,18H2,1-4H3. The molecule has 1 heterocycles. The summed E-state index contributed by atoms with van der Waals surface area (Å²) >= 11 is 0. The van der Waals surface area contributed by atoms with Crippen LogP contribution in [0, 0.1) is 11.3 Å². The topological polar surface area (TPSA) is 46.3 Å². The first-order valence-corrected chi connectivity index (χ1v) is 7.43. The Balaban J connectivity index is 2.18. The number of nitrogens with zero attached hydrogens (tertiary/aromatic N) is 1. The molecule has 1 aromatic rings. The Bertz CT molecular complexity index is 490. The third-order valence-electron chi connectivity index (χ3n) is 4.15. The van der Waals surface area contributed by atoms with Crippen LogP contribution in [0.3, 0.4) is 0 Å². The minimum Gasteiger partial charge on any atom is -0.327 e. The summed E-state index contributed by atoms with van der Waals surface area (Å²) in [4.78, 5) is 14.5. The summed E-state index contributed by atoms with van der Waals surface area (Å²) < 4.78 is 0. The van der Waals surface area contributed by atoms with Crippen LogP contribution in [0.25, 0.3) is 0 Å². The van der Waals surface area contributed by atoms with Crippen molar-refractivity contribution in [3.63, 3.8) is 0 Å². The van der Waals surface area contributed by atoms with Gasteiger partial charge in [0.1, 0.15) is 0 Å². The quantitative estimate of drug-likeness (QED) is 0.901. The Morgan fingerprint density at radius 1 is 1.40 bits per heavy atom. The highest BCUT2D eigenvalue weighted by molar-refractivity contribution is 5.95. The van der Waals surface area contributed by atoms with E-state index >= 15 is 0 Å². The molecule has 20 heavy (non-hydrogen) atoms. The second kappa shape index (κ2) is 5.57. The number of carbonyl (C=O) groups is 1. The number of nitrogens with two attached hydrogens (primary N) is 1. The zero-order valence-electron chi connectivity index (χ0n) is 13.0. The van der Waals surface area contributed by atoms with E-state index in [1.165, 1.54) is 5.56 Å². The molecule has 2 rings (SSSR count). The van der Waals surface area contributed by atoms with E-state index < -0.39 is 0 Å². The van der Waals surface area contributed by atoms with Gasteiger partial charge in [-0.1, -0.05) is 45.9 Å². The van der Waals surface area contributed by atoms with Crippen LogP contribution in [-0.4, -0.2) is 18.5 Å². The van der Waals surface area contributed by atoms with Gasteiger partial charge in [-0.15, -0.1) is 0 Å². The maximum absolute atomic E-state index is 12.6. The fourth-order valence-electron chi connectivity index (χ4n) is 2.64. The van der Waals surface area contributed by atoms with Gasteiger partial charge in [0.2, 0.25) is 5.91 Å². The predicted octanol–water partition coefficient (Wildman–Crippen LogP) is 2.98. The summed E-state index contributed by atoms with van der Waals surface area (Å²) in [5.74, 6) is 0.645. The molecule has 3 nitrogen and oxygen atoms in total. The summed E-state index contributed by atoms with van der Waals surface area (Å²) in [7, 11) is 0. The van der Waals surface area contributed by atoms with Crippen molar-refractivity contribution in [2.24, 2.45) is 17.1 Å². The normalized spacial score (nSPS) is 20.4. The number of benzene rings is 1. The molecule has 0 saturated carbocycles. The Morgan fingerprint density at radius 2 is 2.05 bits per heavy atom. The number of amides is 1. The third kappa shape index (κ3) is 3.21. The lowest BCUT2D eigenvalue weighted by Crippen LogP contribution is -2.44. The lowest BCUT2D eigenvalue weighted by Gasteiger charge is -2.35. The van der Waals surface area contributed by atoms with Gasteiger partial charge in [0.15, 0.2) is 0 Å². The van der Waals surface area contributed by atoms with Crippen LogP contribution in [-0.2, 0) is 11.2 Å². The zero-order chi connectivity index (χ0) is 14.9. The Hall–Kier alpha value is -1.35. The molecule has 0 saturated heterocycles. The van der Waals surface area contributed by atoms with Gasteiger partial charge in [-0.2, -0.15) is 0 Å². The van der Waals surface area contributed by atoms with E-state index in [2.05, 4.69) is 33.8 Å². The number of hydrogen-bond donors (Lipinski definition) is 1. The predicted molar refractivity (Wildman–Crippen MR) is 83.7 cm³/mol. The van der Waals surface area contributed by atoms with Crippen molar-refractivity contribution in [3.05, 3.63) is 29.8 Å². The molecule has 1 amide bonds. The number of rotatable bonds is 2. The summed E-state index contributed by atoms with van der Waals surface area (Å²) in [5, 5.41) is 0. The number of hydrogen-bond acceptors (Lipinski definition) is 2. The van der Waals surface area contributed by atoms with E-state index in [1.54, 1.807) is 0 Å². The molecule has 110 valence electrons. The molecule has 1 aromatic carbocycles. The molecule has 0 aromatic heterocycles. The SMILES string of the molecule is CC1Cc2ccccc2N(C(=O)CC(N)C(C)(C)C)C1. The molecular formula is C17H26N2O. The molecule has 0 fully saturated rings. The molecule has 1 aliphatic rings. The highest BCUT2D eigenvalue weighted by atomic mass is 16.2. The fourth-order valence-corrected chi connectivity index (χ4v) is 2.64. The maximum Gasteiger partial charge on any atom is 0.228 e. The van der Waals surface area contributed by atoms with Crippen LogP contribution in [0.5, 0.6) is 0 Å². The lowest BCUT2D eigenvalue weighted by atomic mass is 9.85. The maximum atomic E-state index is 12.6. The van der Waals surface area contributed by atoms with Gasteiger partial charge in [-0.05, 0) is 29.4 Å². The summed E-state index contributed by atoms with van der Waals surface area (Å²) in [5.41, 5.74) is 8.45. The highest BCUT2D eigenvalue weighted by Crippen LogP contribution is 2.30. The largest absolute Gasteiger partial charge is 0.327 e. The van der Waals surface area contributed by atoms with E-state index in [0.29, 0.717) is 12.3 Å². The fraction of sp³-hybridized carbons (Fsp3) is 0.588. The first kappa shape index (κ1) is 15.0. The minimum atomic E-state index is -0.112. The van der Waals surface area contributed by atoms with Crippen molar-refractivity contribution in [1.29, 1.82) is 0 Å². The second-order valence-corrected chi connectivity index (χ2v) is 7.12. The highest BCUT2D eigenvalue weighted by Gasteiger charge is 2.30. The molecule has 2 unspecified atom stereocenters. The Kier molecular flexibility index (Phi) is 4.19. The van der Waals surface area contributed by atoms with Crippen molar-refractivity contribution >= 4 is 11.6 Å². The zero-order valence-corrected chi connectivity index (χ0v) is 13.0. The van der Waals surface area contributed by atoms with E-state index in [-0.39, 0.29) is 17.4 Å². The van der Waals surface area contributed by atoms with E-state index in [0.717, 1.165) is 18.7 Å². The van der Waals surface area contributed by atoms with Crippen LogP contribution < -0.4 is 10.6 Å². The van der Waals surface area contributed by atoms with E-state index in [4.69, 9.17) is 5.73 Å². The van der Waals surface area contributed by atoms with Crippen LogP contribution in [0.2, 0.25) is 0 Å². The number of para-hydroxylation sites is 1. The Labute approximate surface area is 122 Å². The van der Waals surface area contributed by atoms with Crippen LogP contribution in [0.1, 0.15) is 39.7 Å². The van der Waals surface area contributed by atoms with Gasteiger partial charge in [0.25, 0.3) is 0 Å². The summed E-state index contributed by atoms with van der Waals surface area (Å²) in [6.07, 6.45) is 1.45.